The molecule has 7 nitrogen and oxygen atoms in total. The van der Waals surface area contributed by atoms with Gasteiger partial charge in [0.15, 0.2) is 11.5 Å². The zero-order chi connectivity index (χ0) is 13.0. The van der Waals surface area contributed by atoms with Crippen LogP contribution < -0.4 is 16.4 Å². The maximum absolute atomic E-state index is 10.8. The first-order chi connectivity index (χ1) is 8.70. The summed E-state index contributed by atoms with van der Waals surface area (Å²) < 4.78 is 1.84. The third kappa shape index (κ3) is 2.68. The van der Waals surface area contributed by atoms with E-state index in [1.54, 1.807) is 6.20 Å². The Bertz CT molecular complexity index is 549. The van der Waals surface area contributed by atoms with E-state index in [1.165, 1.54) is 0 Å². The number of nitrogens with two attached hydrogens (primary N) is 1. The monoisotopic (exact) mass is 248 g/mol. The number of hydrogen-bond acceptors (Lipinski definition) is 5. The number of hydrogen-bond donors (Lipinski definition) is 3. The number of aromatic nitrogens is 3. The Balaban J connectivity index is 2.29. The fourth-order valence-electron chi connectivity index (χ4n) is 1.56. The standard InChI is InChI=1S/C11H16N6O/c1-2-3-13-9-7-17-5-4-14-11(17)10(16-9)15-6-8(12)18/h4-5,7,13H,2-3,6H2,1H3,(H2,12,18)(H,15,16). The van der Waals surface area contributed by atoms with Crippen molar-refractivity contribution in [1.29, 1.82) is 0 Å². The van der Waals surface area contributed by atoms with Crippen LogP contribution in [0.1, 0.15) is 13.3 Å². The zero-order valence-corrected chi connectivity index (χ0v) is 10.2. The molecule has 0 aliphatic rings. The van der Waals surface area contributed by atoms with Crippen LogP contribution in [0.3, 0.4) is 0 Å². The molecule has 0 bridgehead atoms. The van der Waals surface area contributed by atoms with Gasteiger partial charge in [-0.2, -0.15) is 0 Å². The molecule has 0 unspecified atom stereocenters. The molecule has 2 rings (SSSR count). The minimum absolute atomic E-state index is 0.0345. The van der Waals surface area contributed by atoms with Crippen molar-refractivity contribution >= 4 is 23.2 Å². The average molecular weight is 248 g/mol. The van der Waals surface area contributed by atoms with Gasteiger partial charge in [-0.1, -0.05) is 6.92 Å². The van der Waals surface area contributed by atoms with Crippen molar-refractivity contribution in [3.05, 3.63) is 18.6 Å². The molecular formula is C11H16N6O. The molecular weight excluding hydrogens is 232 g/mol. The molecule has 0 aliphatic carbocycles. The quantitative estimate of drug-likeness (QED) is 0.689. The fourth-order valence-corrected chi connectivity index (χ4v) is 1.56. The van der Waals surface area contributed by atoms with Crippen molar-refractivity contribution in [2.75, 3.05) is 23.7 Å². The number of nitrogens with zero attached hydrogens (tertiary/aromatic N) is 3. The van der Waals surface area contributed by atoms with Crippen LogP contribution in [-0.2, 0) is 4.79 Å². The van der Waals surface area contributed by atoms with Crippen LogP contribution in [0.5, 0.6) is 0 Å². The van der Waals surface area contributed by atoms with Gasteiger partial charge < -0.3 is 20.8 Å². The number of primary amides is 1. The summed E-state index contributed by atoms with van der Waals surface area (Å²) in [5.74, 6) is 0.836. The summed E-state index contributed by atoms with van der Waals surface area (Å²) in [6, 6.07) is 0. The lowest BCUT2D eigenvalue weighted by atomic mass is 10.4. The van der Waals surface area contributed by atoms with Crippen molar-refractivity contribution < 1.29 is 4.79 Å². The molecule has 0 saturated heterocycles. The van der Waals surface area contributed by atoms with Crippen molar-refractivity contribution in [3.8, 4) is 0 Å². The maximum Gasteiger partial charge on any atom is 0.236 e. The van der Waals surface area contributed by atoms with Crippen LogP contribution in [0.25, 0.3) is 5.65 Å². The minimum atomic E-state index is -0.437. The van der Waals surface area contributed by atoms with Crippen LogP contribution in [0.4, 0.5) is 11.6 Å². The van der Waals surface area contributed by atoms with Crippen LogP contribution in [-0.4, -0.2) is 33.4 Å². The Hall–Kier alpha value is -2.31. The highest BCUT2D eigenvalue weighted by Crippen LogP contribution is 2.15. The summed E-state index contributed by atoms with van der Waals surface area (Å²) in [7, 11) is 0. The van der Waals surface area contributed by atoms with Gasteiger partial charge in [0.2, 0.25) is 5.91 Å². The summed E-state index contributed by atoms with van der Waals surface area (Å²) in [4.78, 5) is 19.3. The normalized spacial score (nSPS) is 10.5. The first kappa shape index (κ1) is 12.2. The van der Waals surface area contributed by atoms with E-state index in [1.807, 2.05) is 16.8 Å². The van der Waals surface area contributed by atoms with Crippen molar-refractivity contribution in [3.63, 3.8) is 0 Å². The Morgan fingerprint density at radius 2 is 2.33 bits per heavy atom. The van der Waals surface area contributed by atoms with Crippen LogP contribution in [0.2, 0.25) is 0 Å². The van der Waals surface area contributed by atoms with Gasteiger partial charge in [-0.05, 0) is 6.42 Å². The lowest BCUT2D eigenvalue weighted by molar-refractivity contribution is -0.116. The van der Waals surface area contributed by atoms with E-state index in [9.17, 15) is 4.79 Å². The maximum atomic E-state index is 10.8. The molecule has 96 valence electrons. The SMILES string of the molecule is CCCNc1cn2ccnc2c(NCC(N)=O)n1. The van der Waals surface area contributed by atoms with E-state index in [-0.39, 0.29) is 6.54 Å². The molecule has 2 aromatic heterocycles. The second-order valence-corrected chi connectivity index (χ2v) is 3.88. The van der Waals surface area contributed by atoms with Crippen molar-refractivity contribution in [2.24, 2.45) is 5.73 Å². The average Bonchev–Trinajstić information content (AvgIpc) is 2.81. The second kappa shape index (κ2) is 5.35. The zero-order valence-electron chi connectivity index (χ0n) is 10.2. The van der Waals surface area contributed by atoms with E-state index in [2.05, 4.69) is 27.5 Å². The highest BCUT2D eigenvalue weighted by atomic mass is 16.1. The molecule has 0 atom stereocenters. The number of nitrogens with one attached hydrogen (secondary N) is 2. The summed E-state index contributed by atoms with van der Waals surface area (Å²) in [5.41, 5.74) is 5.77. The lowest BCUT2D eigenvalue weighted by Gasteiger charge is -2.09. The number of carbonyl (C=O) groups is 1. The van der Waals surface area contributed by atoms with Gasteiger partial charge in [0.25, 0.3) is 0 Å². The first-order valence-corrected chi connectivity index (χ1v) is 5.80. The molecule has 2 heterocycles. The number of fused-ring (bicyclic) bond motifs is 1. The van der Waals surface area contributed by atoms with Gasteiger partial charge in [-0.3, -0.25) is 4.79 Å². The first-order valence-electron chi connectivity index (χ1n) is 5.80. The molecule has 0 fully saturated rings. The van der Waals surface area contributed by atoms with Gasteiger partial charge in [-0.15, -0.1) is 0 Å². The van der Waals surface area contributed by atoms with Crippen molar-refractivity contribution in [2.45, 2.75) is 13.3 Å². The Kier molecular flexibility index (Phi) is 3.61. The highest BCUT2D eigenvalue weighted by Gasteiger charge is 2.07. The molecule has 0 aliphatic heterocycles. The fraction of sp³-hybridized carbons (Fsp3) is 0.364. The van der Waals surface area contributed by atoms with Gasteiger partial charge >= 0.3 is 0 Å². The molecule has 0 aromatic carbocycles. The van der Waals surface area contributed by atoms with E-state index in [0.29, 0.717) is 11.5 Å². The molecule has 18 heavy (non-hydrogen) atoms. The number of rotatable bonds is 6. The van der Waals surface area contributed by atoms with Gasteiger partial charge in [0.1, 0.15) is 5.82 Å². The Morgan fingerprint density at radius 3 is 3.06 bits per heavy atom. The Morgan fingerprint density at radius 1 is 1.50 bits per heavy atom. The minimum Gasteiger partial charge on any atom is -0.369 e. The summed E-state index contributed by atoms with van der Waals surface area (Å²) >= 11 is 0. The van der Waals surface area contributed by atoms with Crippen LogP contribution in [0.15, 0.2) is 18.6 Å². The molecule has 2 aromatic rings. The summed E-state index contributed by atoms with van der Waals surface area (Å²) in [5, 5.41) is 6.07. The number of anilines is 2. The predicted octanol–water partition coefficient (Wildman–Crippen LogP) is 0.448. The Labute approximate surface area is 104 Å². The highest BCUT2D eigenvalue weighted by molar-refractivity contribution is 5.80. The number of amides is 1. The molecule has 0 spiro atoms. The molecule has 0 saturated carbocycles. The smallest absolute Gasteiger partial charge is 0.236 e. The molecule has 1 amide bonds. The van der Waals surface area contributed by atoms with Crippen LogP contribution in [0, 0.1) is 0 Å². The number of carbonyl (C=O) groups excluding carboxylic acids is 1. The third-order valence-electron chi connectivity index (χ3n) is 2.36. The lowest BCUT2D eigenvalue weighted by Crippen LogP contribution is -2.22. The molecule has 4 N–H and O–H groups in total. The number of imidazole rings is 1. The third-order valence-corrected chi connectivity index (χ3v) is 2.36. The molecule has 7 heteroatoms. The van der Waals surface area contributed by atoms with E-state index < -0.39 is 5.91 Å². The molecule has 0 radical (unpaired) electrons. The van der Waals surface area contributed by atoms with Crippen LogP contribution >= 0.6 is 0 Å². The topological polar surface area (TPSA) is 97.3 Å². The summed E-state index contributed by atoms with van der Waals surface area (Å²) in [6.07, 6.45) is 6.36. The van der Waals surface area contributed by atoms with E-state index in [4.69, 9.17) is 5.73 Å². The van der Waals surface area contributed by atoms with Gasteiger partial charge in [0.05, 0.1) is 12.7 Å². The van der Waals surface area contributed by atoms with Gasteiger partial charge in [0, 0.05) is 18.9 Å². The second-order valence-electron chi connectivity index (χ2n) is 3.88. The predicted molar refractivity (Wildman–Crippen MR) is 69.5 cm³/mol. The van der Waals surface area contributed by atoms with Gasteiger partial charge in [-0.25, -0.2) is 9.97 Å². The van der Waals surface area contributed by atoms with E-state index >= 15 is 0 Å². The summed E-state index contributed by atoms with van der Waals surface area (Å²) in [6.45, 7) is 2.95. The van der Waals surface area contributed by atoms with E-state index in [0.717, 1.165) is 18.8 Å². The largest absolute Gasteiger partial charge is 0.369 e. The van der Waals surface area contributed by atoms with Crippen molar-refractivity contribution in [1.82, 2.24) is 14.4 Å².